The summed E-state index contributed by atoms with van der Waals surface area (Å²) in [5.74, 6) is -0.930. The van der Waals surface area contributed by atoms with Gasteiger partial charge >= 0.3 is 12.3 Å². The molecule has 41 heavy (non-hydrogen) atoms. The van der Waals surface area contributed by atoms with Crippen molar-refractivity contribution in [3.05, 3.63) is 66.2 Å². The number of nitrogens with one attached hydrogen (secondary N) is 1. The lowest BCUT2D eigenvalue weighted by Gasteiger charge is -2.42. The SMILES string of the molecule is CCCC[C@@H](C(=O)CNc1cccc(F)n1)N(C(=O)O)C(Cn1ccc(-c2ccc(C(F)(F)F)cc2)n1)C(C)(C)C. The van der Waals surface area contributed by atoms with Gasteiger partial charge in [0.2, 0.25) is 5.95 Å². The van der Waals surface area contributed by atoms with Crippen LogP contribution in [0.4, 0.5) is 28.2 Å². The zero-order valence-electron chi connectivity index (χ0n) is 23.5. The van der Waals surface area contributed by atoms with Crippen molar-refractivity contribution in [3.63, 3.8) is 0 Å². The Balaban J connectivity index is 1.87. The van der Waals surface area contributed by atoms with Gasteiger partial charge in [0, 0.05) is 11.8 Å². The summed E-state index contributed by atoms with van der Waals surface area (Å²) < 4.78 is 53.9. The normalized spacial score (nSPS) is 13.5. The fraction of sp³-hybridized carbons (Fsp3) is 0.448. The molecule has 0 radical (unpaired) electrons. The van der Waals surface area contributed by atoms with Crippen molar-refractivity contribution in [2.75, 3.05) is 11.9 Å². The molecule has 222 valence electrons. The van der Waals surface area contributed by atoms with Crippen LogP contribution >= 0.6 is 0 Å². The molecule has 2 heterocycles. The minimum atomic E-state index is -4.45. The first kappa shape index (κ1) is 31.6. The molecule has 0 fully saturated rings. The number of hydrogen-bond donors (Lipinski definition) is 2. The largest absolute Gasteiger partial charge is 0.465 e. The minimum Gasteiger partial charge on any atom is -0.465 e. The Morgan fingerprint density at radius 1 is 1.07 bits per heavy atom. The van der Waals surface area contributed by atoms with Gasteiger partial charge in [-0.3, -0.25) is 14.4 Å². The van der Waals surface area contributed by atoms with Crippen LogP contribution in [0.5, 0.6) is 0 Å². The van der Waals surface area contributed by atoms with Gasteiger partial charge in [0.25, 0.3) is 0 Å². The zero-order chi connectivity index (χ0) is 30.4. The molecule has 0 aliphatic carbocycles. The number of rotatable bonds is 12. The first-order valence-corrected chi connectivity index (χ1v) is 13.3. The highest BCUT2D eigenvalue weighted by molar-refractivity contribution is 5.90. The van der Waals surface area contributed by atoms with E-state index in [1.165, 1.54) is 39.9 Å². The first-order valence-electron chi connectivity index (χ1n) is 13.3. The van der Waals surface area contributed by atoms with E-state index in [1.54, 1.807) is 12.3 Å². The Kier molecular flexibility index (Phi) is 10.1. The highest BCUT2D eigenvalue weighted by Crippen LogP contribution is 2.32. The van der Waals surface area contributed by atoms with Gasteiger partial charge in [-0.15, -0.1) is 0 Å². The summed E-state index contributed by atoms with van der Waals surface area (Å²) in [6.07, 6.45) is -2.44. The number of aromatic nitrogens is 3. The summed E-state index contributed by atoms with van der Waals surface area (Å²) >= 11 is 0. The highest BCUT2D eigenvalue weighted by atomic mass is 19.4. The molecule has 0 aliphatic heterocycles. The highest BCUT2D eigenvalue weighted by Gasteiger charge is 2.40. The molecule has 0 saturated heterocycles. The third-order valence-corrected chi connectivity index (χ3v) is 6.76. The second-order valence-corrected chi connectivity index (χ2v) is 10.9. The maximum atomic E-state index is 13.5. The molecule has 2 N–H and O–H groups in total. The number of benzene rings is 1. The van der Waals surface area contributed by atoms with Crippen molar-refractivity contribution in [2.24, 2.45) is 5.41 Å². The van der Waals surface area contributed by atoms with Crippen LogP contribution in [-0.2, 0) is 17.5 Å². The van der Waals surface area contributed by atoms with Crippen molar-refractivity contribution in [2.45, 2.75) is 71.8 Å². The Labute approximate surface area is 236 Å². The molecule has 3 aromatic rings. The predicted molar refractivity (Wildman–Crippen MR) is 147 cm³/mol. The number of anilines is 1. The van der Waals surface area contributed by atoms with Crippen molar-refractivity contribution in [3.8, 4) is 11.3 Å². The van der Waals surface area contributed by atoms with Gasteiger partial charge in [-0.05, 0) is 42.2 Å². The molecular formula is C29H35F4N5O3. The number of amides is 1. The number of hydrogen-bond acceptors (Lipinski definition) is 5. The summed E-state index contributed by atoms with van der Waals surface area (Å²) in [4.78, 5) is 31.0. The van der Waals surface area contributed by atoms with E-state index in [-0.39, 0.29) is 24.7 Å². The Hall–Kier alpha value is -3.96. The number of carbonyl (C=O) groups excluding carboxylic acids is 1. The molecule has 2 atom stereocenters. The number of ketones is 1. The number of carboxylic acid groups (broad SMARTS) is 1. The topological polar surface area (TPSA) is 100 Å². The van der Waals surface area contributed by atoms with Crippen LogP contribution in [0.2, 0.25) is 0 Å². The van der Waals surface area contributed by atoms with Crippen molar-refractivity contribution < 1.29 is 32.3 Å². The molecule has 0 saturated carbocycles. The standard InChI is InChI=1S/C29H35F4N5O3/c1-5-6-8-22(23(39)17-34-26-10-7-9-25(30)35-26)38(27(40)41)24(28(2,3)4)18-37-16-15-21(36-37)19-11-13-20(14-12-19)29(31,32)33/h7,9-16,22,24H,5-6,8,17-18H2,1-4H3,(H,34,35)(H,40,41)/t22-,24?/m0/s1. The third-order valence-electron chi connectivity index (χ3n) is 6.76. The average Bonchev–Trinajstić information content (AvgIpc) is 3.36. The van der Waals surface area contributed by atoms with Gasteiger partial charge in [-0.2, -0.15) is 22.7 Å². The summed E-state index contributed by atoms with van der Waals surface area (Å²) in [6, 6.07) is 8.73. The number of unbranched alkanes of at least 4 members (excludes halogenated alkanes) is 1. The van der Waals surface area contributed by atoms with Crippen LogP contribution in [0.1, 0.15) is 52.5 Å². The number of carbonyl (C=O) groups is 2. The number of nitrogens with zero attached hydrogens (tertiary/aromatic N) is 4. The Morgan fingerprint density at radius 2 is 1.76 bits per heavy atom. The lowest BCUT2D eigenvalue weighted by Crippen LogP contribution is -2.57. The van der Waals surface area contributed by atoms with Gasteiger partial charge in [0.1, 0.15) is 5.82 Å². The molecule has 0 spiro atoms. The molecule has 0 bridgehead atoms. The van der Waals surface area contributed by atoms with Crippen LogP contribution in [-0.4, -0.2) is 55.3 Å². The maximum absolute atomic E-state index is 13.5. The fourth-order valence-corrected chi connectivity index (χ4v) is 4.54. The third kappa shape index (κ3) is 8.51. The molecule has 8 nitrogen and oxygen atoms in total. The predicted octanol–water partition coefficient (Wildman–Crippen LogP) is 6.74. The van der Waals surface area contributed by atoms with Crippen LogP contribution in [0.15, 0.2) is 54.7 Å². The molecule has 2 aromatic heterocycles. The molecule has 1 amide bonds. The van der Waals surface area contributed by atoms with Crippen LogP contribution in [0.25, 0.3) is 11.3 Å². The Bertz CT molecular complexity index is 1320. The Morgan fingerprint density at radius 3 is 2.32 bits per heavy atom. The van der Waals surface area contributed by atoms with E-state index in [4.69, 9.17) is 0 Å². The van der Waals surface area contributed by atoms with Gasteiger partial charge in [-0.1, -0.05) is 58.7 Å². The van der Waals surface area contributed by atoms with Crippen molar-refractivity contribution >= 4 is 17.7 Å². The van der Waals surface area contributed by atoms with Crippen LogP contribution in [0.3, 0.4) is 0 Å². The van der Waals surface area contributed by atoms with E-state index in [0.717, 1.165) is 18.6 Å². The number of alkyl halides is 3. The second kappa shape index (κ2) is 13.1. The lowest BCUT2D eigenvalue weighted by atomic mass is 9.84. The number of halogens is 4. The molecule has 1 unspecified atom stereocenters. The molecule has 1 aromatic carbocycles. The van der Waals surface area contributed by atoms with Gasteiger partial charge < -0.3 is 10.4 Å². The smallest absolute Gasteiger partial charge is 0.416 e. The maximum Gasteiger partial charge on any atom is 0.416 e. The van der Waals surface area contributed by atoms with E-state index >= 15 is 0 Å². The van der Waals surface area contributed by atoms with Gasteiger partial charge in [0.15, 0.2) is 5.78 Å². The first-order chi connectivity index (χ1) is 19.2. The molecule has 12 heteroatoms. The second-order valence-electron chi connectivity index (χ2n) is 10.9. The van der Waals surface area contributed by atoms with Gasteiger partial charge in [0.05, 0.1) is 36.4 Å². The number of Topliss-reactive ketones (excluding diaryl/α,β-unsaturated/α-hetero) is 1. The van der Waals surface area contributed by atoms with E-state index in [1.807, 2.05) is 27.7 Å². The lowest BCUT2D eigenvalue weighted by molar-refractivity contribution is -0.137. The monoisotopic (exact) mass is 577 g/mol. The van der Waals surface area contributed by atoms with Crippen LogP contribution < -0.4 is 5.32 Å². The minimum absolute atomic E-state index is 0.102. The summed E-state index contributed by atoms with van der Waals surface area (Å²) in [7, 11) is 0. The molecule has 3 rings (SSSR count). The van der Waals surface area contributed by atoms with E-state index in [0.29, 0.717) is 24.1 Å². The van der Waals surface area contributed by atoms with E-state index < -0.39 is 41.3 Å². The van der Waals surface area contributed by atoms with Crippen LogP contribution in [0, 0.1) is 11.4 Å². The quantitative estimate of drug-likeness (QED) is 0.183. The van der Waals surface area contributed by atoms with E-state index in [9.17, 15) is 32.3 Å². The molecular weight excluding hydrogens is 542 g/mol. The summed E-state index contributed by atoms with van der Waals surface area (Å²) in [6.45, 7) is 7.39. The fourth-order valence-electron chi connectivity index (χ4n) is 4.54. The summed E-state index contributed by atoms with van der Waals surface area (Å²) in [5.41, 5.74) is -0.483. The van der Waals surface area contributed by atoms with Gasteiger partial charge in [-0.25, -0.2) is 9.78 Å². The summed E-state index contributed by atoms with van der Waals surface area (Å²) in [5, 5.41) is 17.7. The molecule has 0 aliphatic rings. The number of pyridine rings is 1. The van der Waals surface area contributed by atoms with Crippen molar-refractivity contribution in [1.29, 1.82) is 0 Å². The zero-order valence-corrected chi connectivity index (χ0v) is 23.5. The van der Waals surface area contributed by atoms with E-state index in [2.05, 4.69) is 15.4 Å². The van der Waals surface area contributed by atoms with Crippen molar-refractivity contribution in [1.82, 2.24) is 19.7 Å². The average molecular weight is 578 g/mol.